The molecule has 2 heteroatoms. The van der Waals surface area contributed by atoms with Crippen LogP contribution in [0.25, 0.3) is 0 Å². The standard InChI is InChI=1S/C18H13NO/c19-10-11-9-16-12-5-1-3-7-14(12)18(20)15-8-4-2-6-13(15)17(11)16/h1-8,11,16-17H,9H2. The molecule has 0 aliphatic heterocycles. The maximum atomic E-state index is 12.8. The molecule has 3 atom stereocenters. The van der Waals surface area contributed by atoms with Crippen LogP contribution in [0.1, 0.15) is 45.3 Å². The van der Waals surface area contributed by atoms with Crippen molar-refractivity contribution in [3.8, 4) is 6.07 Å². The highest BCUT2D eigenvalue weighted by atomic mass is 16.1. The first-order chi connectivity index (χ1) is 9.81. The Morgan fingerprint density at radius 3 is 2.25 bits per heavy atom. The third-order valence-corrected chi connectivity index (χ3v) is 4.71. The van der Waals surface area contributed by atoms with Crippen molar-refractivity contribution in [1.82, 2.24) is 0 Å². The van der Waals surface area contributed by atoms with Crippen LogP contribution in [0.4, 0.5) is 0 Å². The zero-order valence-electron chi connectivity index (χ0n) is 10.9. The smallest absolute Gasteiger partial charge is 0.193 e. The Hall–Kier alpha value is -2.40. The fraction of sp³-hybridized carbons (Fsp3) is 0.222. The van der Waals surface area contributed by atoms with Gasteiger partial charge in [-0.3, -0.25) is 4.79 Å². The van der Waals surface area contributed by atoms with E-state index in [0.29, 0.717) is 5.92 Å². The Bertz CT molecular complexity index is 756. The van der Waals surface area contributed by atoms with Gasteiger partial charge in [-0.25, -0.2) is 0 Å². The van der Waals surface area contributed by atoms with E-state index in [1.165, 1.54) is 0 Å². The van der Waals surface area contributed by atoms with Gasteiger partial charge in [-0.15, -0.1) is 0 Å². The molecule has 0 amide bonds. The maximum absolute atomic E-state index is 12.8. The summed E-state index contributed by atoms with van der Waals surface area (Å²) in [5.41, 5.74) is 3.75. The molecule has 0 aromatic heterocycles. The number of fused-ring (bicyclic) bond motifs is 5. The highest BCUT2D eigenvalue weighted by molar-refractivity contribution is 6.11. The minimum atomic E-state index is 0.0279. The van der Waals surface area contributed by atoms with E-state index < -0.39 is 0 Å². The van der Waals surface area contributed by atoms with E-state index >= 15 is 0 Å². The molecule has 0 N–H and O–H groups in total. The minimum Gasteiger partial charge on any atom is -0.289 e. The Morgan fingerprint density at radius 1 is 0.950 bits per heavy atom. The third-order valence-electron chi connectivity index (χ3n) is 4.71. The molecule has 1 fully saturated rings. The highest BCUT2D eigenvalue weighted by Gasteiger charge is 2.47. The summed E-state index contributed by atoms with van der Waals surface area (Å²) in [6, 6.07) is 18.0. The van der Waals surface area contributed by atoms with E-state index in [-0.39, 0.29) is 17.6 Å². The number of carbonyl (C=O) groups is 1. The van der Waals surface area contributed by atoms with Gasteiger partial charge in [0.2, 0.25) is 0 Å². The molecule has 1 saturated carbocycles. The molecule has 2 aromatic rings. The second-order valence-corrected chi connectivity index (χ2v) is 5.61. The minimum absolute atomic E-state index is 0.0279. The summed E-state index contributed by atoms with van der Waals surface area (Å²) in [4.78, 5) is 12.8. The number of nitriles is 1. The summed E-state index contributed by atoms with van der Waals surface area (Å²) in [6.45, 7) is 0. The molecule has 2 nitrogen and oxygen atoms in total. The number of ketones is 1. The van der Waals surface area contributed by atoms with Crippen molar-refractivity contribution in [2.45, 2.75) is 18.3 Å². The SMILES string of the molecule is N#CC1CC2c3ccccc3C(=O)c3ccccc3C12. The van der Waals surface area contributed by atoms with E-state index in [2.05, 4.69) is 6.07 Å². The largest absolute Gasteiger partial charge is 0.289 e. The molecule has 0 saturated heterocycles. The van der Waals surface area contributed by atoms with Gasteiger partial charge in [0.15, 0.2) is 5.78 Å². The van der Waals surface area contributed by atoms with Crippen molar-refractivity contribution < 1.29 is 4.79 Å². The van der Waals surface area contributed by atoms with E-state index in [0.717, 1.165) is 28.7 Å². The molecule has 0 bridgehead atoms. The Kier molecular flexibility index (Phi) is 2.31. The quantitative estimate of drug-likeness (QED) is 0.724. The van der Waals surface area contributed by atoms with Gasteiger partial charge in [0.1, 0.15) is 0 Å². The van der Waals surface area contributed by atoms with Crippen LogP contribution in [-0.2, 0) is 0 Å². The van der Waals surface area contributed by atoms with Gasteiger partial charge in [0, 0.05) is 17.0 Å². The predicted octanol–water partition coefficient (Wildman–Crippen LogP) is 3.64. The van der Waals surface area contributed by atoms with Crippen molar-refractivity contribution in [3.63, 3.8) is 0 Å². The molecule has 0 heterocycles. The predicted molar refractivity (Wildman–Crippen MR) is 75.5 cm³/mol. The number of carbonyl (C=O) groups excluding carboxylic acids is 1. The lowest BCUT2D eigenvalue weighted by Gasteiger charge is -2.41. The van der Waals surface area contributed by atoms with Crippen LogP contribution < -0.4 is 0 Å². The van der Waals surface area contributed by atoms with E-state index in [1.54, 1.807) is 0 Å². The molecule has 2 aliphatic rings. The van der Waals surface area contributed by atoms with Crippen molar-refractivity contribution in [1.29, 1.82) is 5.26 Å². The topological polar surface area (TPSA) is 40.9 Å². The van der Waals surface area contributed by atoms with Gasteiger partial charge >= 0.3 is 0 Å². The molecule has 4 rings (SSSR count). The molecule has 0 spiro atoms. The molecule has 0 radical (unpaired) electrons. The fourth-order valence-electron chi connectivity index (χ4n) is 3.70. The summed E-state index contributed by atoms with van der Waals surface area (Å²) in [5.74, 6) is 0.606. The number of benzene rings is 2. The van der Waals surface area contributed by atoms with Crippen LogP contribution in [0, 0.1) is 17.2 Å². The lowest BCUT2D eigenvalue weighted by molar-refractivity contribution is 0.103. The second-order valence-electron chi connectivity index (χ2n) is 5.61. The van der Waals surface area contributed by atoms with Gasteiger partial charge in [0.05, 0.1) is 12.0 Å². The molecule has 2 aromatic carbocycles. The first-order valence-corrected chi connectivity index (χ1v) is 6.93. The fourth-order valence-corrected chi connectivity index (χ4v) is 3.70. The van der Waals surface area contributed by atoms with Gasteiger partial charge in [-0.05, 0) is 23.5 Å². The average Bonchev–Trinajstić information content (AvgIpc) is 2.54. The second kappa shape index (κ2) is 4.05. The van der Waals surface area contributed by atoms with E-state index in [1.807, 2.05) is 48.5 Å². The number of hydrogen-bond acceptors (Lipinski definition) is 2. The average molecular weight is 259 g/mol. The van der Waals surface area contributed by atoms with Gasteiger partial charge < -0.3 is 0 Å². The van der Waals surface area contributed by atoms with Crippen molar-refractivity contribution >= 4 is 5.78 Å². The van der Waals surface area contributed by atoms with Crippen molar-refractivity contribution in [2.75, 3.05) is 0 Å². The number of rotatable bonds is 0. The van der Waals surface area contributed by atoms with Crippen molar-refractivity contribution in [3.05, 3.63) is 70.8 Å². The Labute approximate surface area is 117 Å². The lowest BCUT2D eigenvalue weighted by atomic mass is 9.60. The highest BCUT2D eigenvalue weighted by Crippen LogP contribution is 2.56. The first kappa shape index (κ1) is 11.4. The number of nitrogens with zero attached hydrogens (tertiary/aromatic N) is 1. The van der Waals surface area contributed by atoms with Crippen LogP contribution in [-0.4, -0.2) is 5.78 Å². The molecule has 3 unspecified atom stereocenters. The monoisotopic (exact) mass is 259 g/mol. The number of hydrogen-bond donors (Lipinski definition) is 0. The van der Waals surface area contributed by atoms with Crippen LogP contribution in [0.5, 0.6) is 0 Å². The van der Waals surface area contributed by atoms with E-state index in [4.69, 9.17) is 0 Å². The maximum Gasteiger partial charge on any atom is 0.193 e. The molecular formula is C18H13NO. The normalized spacial score (nSPS) is 26.4. The third kappa shape index (κ3) is 1.35. The molecular weight excluding hydrogens is 246 g/mol. The van der Waals surface area contributed by atoms with Gasteiger partial charge in [-0.2, -0.15) is 5.26 Å². The van der Waals surface area contributed by atoms with Crippen LogP contribution in [0.2, 0.25) is 0 Å². The molecule has 96 valence electrons. The Balaban J connectivity index is 2.00. The first-order valence-electron chi connectivity index (χ1n) is 6.93. The Morgan fingerprint density at radius 2 is 1.55 bits per heavy atom. The molecule has 2 aliphatic carbocycles. The summed E-state index contributed by atoms with van der Waals surface area (Å²) >= 11 is 0. The zero-order chi connectivity index (χ0) is 13.7. The van der Waals surface area contributed by atoms with E-state index in [9.17, 15) is 10.1 Å². The van der Waals surface area contributed by atoms with Gasteiger partial charge in [0.25, 0.3) is 0 Å². The van der Waals surface area contributed by atoms with Crippen LogP contribution in [0.3, 0.4) is 0 Å². The summed E-state index contributed by atoms with van der Waals surface area (Å²) < 4.78 is 0. The summed E-state index contributed by atoms with van der Waals surface area (Å²) in [7, 11) is 0. The summed E-state index contributed by atoms with van der Waals surface area (Å²) in [5, 5.41) is 9.32. The lowest BCUT2D eigenvalue weighted by Crippen LogP contribution is -2.32. The zero-order valence-corrected chi connectivity index (χ0v) is 10.9. The van der Waals surface area contributed by atoms with Crippen molar-refractivity contribution in [2.24, 2.45) is 5.92 Å². The molecule has 20 heavy (non-hydrogen) atoms. The van der Waals surface area contributed by atoms with Crippen LogP contribution >= 0.6 is 0 Å². The summed E-state index contributed by atoms with van der Waals surface area (Å²) in [6.07, 6.45) is 0.861. The van der Waals surface area contributed by atoms with Gasteiger partial charge in [-0.1, -0.05) is 48.5 Å². The van der Waals surface area contributed by atoms with Crippen LogP contribution in [0.15, 0.2) is 48.5 Å².